The molecule has 2 atom stereocenters. The molecule has 0 saturated heterocycles. The lowest BCUT2D eigenvalue weighted by atomic mass is 9.93. The highest BCUT2D eigenvalue weighted by molar-refractivity contribution is 5.99. The van der Waals surface area contributed by atoms with Crippen molar-refractivity contribution in [3.63, 3.8) is 0 Å². The Morgan fingerprint density at radius 1 is 1.62 bits per heavy atom. The number of hydrogen-bond acceptors (Lipinski definition) is 6. The first-order chi connectivity index (χ1) is 9.89. The van der Waals surface area contributed by atoms with Crippen molar-refractivity contribution in [2.45, 2.75) is 45.3 Å². The second-order valence-electron chi connectivity index (χ2n) is 5.73. The van der Waals surface area contributed by atoms with E-state index in [1.165, 1.54) is 0 Å². The van der Waals surface area contributed by atoms with Crippen LogP contribution in [0.5, 0.6) is 0 Å². The van der Waals surface area contributed by atoms with Crippen LogP contribution in [0.2, 0.25) is 0 Å². The van der Waals surface area contributed by atoms with Crippen LogP contribution in [0.1, 0.15) is 33.6 Å². The summed E-state index contributed by atoms with van der Waals surface area (Å²) in [6, 6.07) is 1.75. The largest absolute Gasteiger partial charge is 0.459 e. The Hall–Kier alpha value is -1.87. The van der Waals surface area contributed by atoms with Gasteiger partial charge in [0.25, 0.3) is 0 Å². The van der Waals surface area contributed by atoms with E-state index in [0.717, 1.165) is 19.4 Å². The molecule has 3 N–H and O–H groups in total. The number of rotatable bonds is 6. The van der Waals surface area contributed by atoms with E-state index in [1.54, 1.807) is 12.3 Å². The molecule has 1 aliphatic heterocycles. The normalized spacial score (nSPS) is 21.8. The average Bonchev–Trinajstić information content (AvgIpc) is 2.69. The van der Waals surface area contributed by atoms with Crippen LogP contribution in [0.3, 0.4) is 0 Å². The molecule has 0 spiro atoms. The first-order valence-corrected chi connectivity index (χ1v) is 7.23. The van der Waals surface area contributed by atoms with Crippen LogP contribution in [0.15, 0.2) is 12.3 Å². The SMILES string of the molecule is CCC(C)(C)OC(=O)CNC1CCNC=CC1C(=N)C#N. The van der Waals surface area contributed by atoms with Crippen molar-refractivity contribution >= 4 is 11.7 Å². The van der Waals surface area contributed by atoms with E-state index < -0.39 is 5.60 Å². The van der Waals surface area contributed by atoms with Crippen molar-refractivity contribution < 1.29 is 9.53 Å². The Labute approximate surface area is 126 Å². The van der Waals surface area contributed by atoms with Crippen molar-refractivity contribution in [3.05, 3.63) is 12.3 Å². The van der Waals surface area contributed by atoms with Gasteiger partial charge in [0.2, 0.25) is 0 Å². The minimum atomic E-state index is -0.470. The van der Waals surface area contributed by atoms with Gasteiger partial charge >= 0.3 is 5.97 Å². The van der Waals surface area contributed by atoms with Crippen molar-refractivity contribution in [1.29, 1.82) is 10.7 Å². The fourth-order valence-corrected chi connectivity index (χ4v) is 2.04. The van der Waals surface area contributed by atoms with Gasteiger partial charge in [0.05, 0.1) is 6.54 Å². The maximum Gasteiger partial charge on any atom is 0.320 e. The van der Waals surface area contributed by atoms with Gasteiger partial charge in [-0.2, -0.15) is 5.26 Å². The summed E-state index contributed by atoms with van der Waals surface area (Å²) in [6.07, 6.45) is 5.02. The van der Waals surface area contributed by atoms with Gasteiger partial charge in [-0.05, 0) is 32.9 Å². The Kier molecular flexibility index (Phi) is 6.38. The van der Waals surface area contributed by atoms with Crippen molar-refractivity contribution in [2.75, 3.05) is 13.1 Å². The summed E-state index contributed by atoms with van der Waals surface area (Å²) in [5.74, 6) is -0.637. The van der Waals surface area contributed by atoms with Gasteiger partial charge < -0.3 is 15.4 Å². The van der Waals surface area contributed by atoms with Gasteiger partial charge in [-0.25, -0.2) is 0 Å². The van der Waals surface area contributed by atoms with Gasteiger partial charge in [-0.3, -0.25) is 10.2 Å². The van der Waals surface area contributed by atoms with E-state index in [-0.39, 0.29) is 30.2 Å². The fourth-order valence-electron chi connectivity index (χ4n) is 2.04. The third kappa shape index (κ3) is 5.56. The van der Waals surface area contributed by atoms with E-state index in [1.807, 2.05) is 26.8 Å². The number of nitrogens with one attached hydrogen (secondary N) is 3. The molecule has 0 amide bonds. The Balaban J connectivity index is 2.59. The highest BCUT2D eigenvalue weighted by atomic mass is 16.6. The zero-order valence-electron chi connectivity index (χ0n) is 12.9. The van der Waals surface area contributed by atoms with Gasteiger partial charge in [-0.1, -0.05) is 13.0 Å². The summed E-state index contributed by atoms with van der Waals surface area (Å²) in [7, 11) is 0. The third-order valence-electron chi connectivity index (χ3n) is 3.66. The fraction of sp³-hybridized carbons (Fsp3) is 0.667. The Morgan fingerprint density at radius 3 is 2.95 bits per heavy atom. The van der Waals surface area contributed by atoms with Gasteiger partial charge in [0, 0.05) is 18.5 Å². The summed E-state index contributed by atoms with van der Waals surface area (Å²) in [5, 5.41) is 22.8. The van der Waals surface area contributed by atoms with E-state index in [4.69, 9.17) is 15.4 Å². The smallest absolute Gasteiger partial charge is 0.320 e. The van der Waals surface area contributed by atoms with Crippen LogP contribution in [-0.2, 0) is 9.53 Å². The molecule has 0 bridgehead atoms. The summed E-state index contributed by atoms with van der Waals surface area (Å²) >= 11 is 0. The molecule has 0 saturated carbocycles. The molecule has 1 rings (SSSR count). The van der Waals surface area contributed by atoms with Crippen molar-refractivity contribution in [3.8, 4) is 6.07 Å². The number of carbonyl (C=O) groups excluding carboxylic acids is 1. The zero-order valence-corrected chi connectivity index (χ0v) is 12.9. The van der Waals surface area contributed by atoms with Crippen molar-refractivity contribution in [2.24, 2.45) is 5.92 Å². The molecule has 21 heavy (non-hydrogen) atoms. The molecule has 6 nitrogen and oxygen atoms in total. The number of ether oxygens (including phenoxy) is 1. The summed E-state index contributed by atoms with van der Waals surface area (Å²) in [4.78, 5) is 11.9. The number of nitriles is 1. The molecule has 6 heteroatoms. The molecule has 2 unspecified atom stereocenters. The van der Waals surface area contributed by atoms with Crippen LogP contribution in [0.4, 0.5) is 0 Å². The molecule has 1 heterocycles. The highest BCUT2D eigenvalue weighted by Gasteiger charge is 2.26. The molecule has 0 aliphatic carbocycles. The van der Waals surface area contributed by atoms with Gasteiger partial charge in [0.1, 0.15) is 17.4 Å². The van der Waals surface area contributed by atoms with E-state index in [0.29, 0.717) is 0 Å². The van der Waals surface area contributed by atoms with Crippen LogP contribution < -0.4 is 10.6 Å². The molecule has 116 valence electrons. The van der Waals surface area contributed by atoms with Crippen LogP contribution in [0, 0.1) is 22.7 Å². The molecule has 1 aliphatic rings. The number of carbonyl (C=O) groups is 1. The second-order valence-corrected chi connectivity index (χ2v) is 5.73. The topological polar surface area (TPSA) is 98.0 Å². The molecule has 0 radical (unpaired) electrons. The standard InChI is InChI=1S/C15H24N4O2/c1-4-15(2,3)21-14(20)10-19-13-6-8-18-7-5-11(13)12(17)9-16/h5,7,11,13,17-19H,4,6,8,10H2,1-3H3. The first-order valence-electron chi connectivity index (χ1n) is 7.23. The van der Waals surface area contributed by atoms with E-state index in [2.05, 4.69) is 10.6 Å². The predicted molar refractivity (Wildman–Crippen MR) is 80.8 cm³/mol. The van der Waals surface area contributed by atoms with Gasteiger partial charge in [0.15, 0.2) is 0 Å². The summed E-state index contributed by atoms with van der Waals surface area (Å²) < 4.78 is 5.38. The maximum atomic E-state index is 11.9. The lowest BCUT2D eigenvalue weighted by molar-refractivity contribution is -0.155. The van der Waals surface area contributed by atoms with Crippen LogP contribution in [-0.4, -0.2) is 36.4 Å². The maximum absolute atomic E-state index is 11.9. The number of esters is 1. The number of hydrogen-bond donors (Lipinski definition) is 3. The van der Waals surface area contributed by atoms with E-state index >= 15 is 0 Å². The van der Waals surface area contributed by atoms with Crippen LogP contribution in [0.25, 0.3) is 0 Å². The average molecular weight is 292 g/mol. The minimum Gasteiger partial charge on any atom is -0.459 e. The lowest BCUT2D eigenvalue weighted by Gasteiger charge is -2.26. The monoisotopic (exact) mass is 292 g/mol. The summed E-state index contributed by atoms with van der Waals surface area (Å²) in [5.41, 5.74) is -0.475. The highest BCUT2D eigenvalue weighted by Crippen LogP contribution is 2.15. The van der Waals surface area contributed by atoms with E-state index in [9.17, 15) is 4.79 Å². The van der Waals surface area contributed by atoms with Crippen LogP contribution >= 0.6 is 0 Å². The molecule has 0 aromatic carbocycles. The predicted octanol–water partition coefficient (Wildman–Crippen LogP) is 1.34. The molecular formula is C15H24N4O2. The lowest BCUT2D eigenvalue weighted by Crippen LogP contribution is -2.43. The molecule has 0 aromatic heterocycles. The van der Waals surface area contributed by atoms with Gasteiger partial charge in [-0.15, -0.1) is 0 Å². The van der Waals surface area contributed by atoms with Crippen molar-refractivity contribution in [1.82, 2.24) is 10.6 Å². The number of nitrogens with zero attached hydrogens (tertiary/aromatic N) is 1. The third-order valence-corrected chi connectivity index (χ3v) is 3.66. The zero-order chi connectivity index (χ0) is 15.9. The Bertz CT molecular complexity index is 451. The Morgan fingerprint density at radius 2 is 2.33 bits per heavy atom. The quantitative estimate of drug-likeness (QED) is 0.507. The molecular weight excluding hydrogens is 268 g/mol. The molecule has 0 aromatic rings. The minimum absolute atomic E-state index is 0.00490. The summed E-state index contributed by atoms with van der Waals surface area (Å²) in [6.45, 7) is 6.53. The first kappa shape index (κ1) is 17.2. The molecule has 0 fully saturated rings. The second kappa shape index (κ2) is 7.79.